The first kappa shape index (κ1) is 59.2. The van der Waals surface area contributed by atoms with E-state index in [9.17, 15) is 0 Å². The van der Waals surface area contributed by atoms with Gasteiger partial charge < -0.3 is 52.1 Å². The van der Waals surface area contributed by atoms with Crippen LogP contribution in [0.1, 0.15) is 38.9 Å². The molecule has 12 atom stereocenters. The second-order valence-electron chi connectivity index (χ2n) is 21.3. The van der Waals surface area contributed by atoms with Crippen LogP contribution in [0.15, 0.2) is 285 Å². The summed E-state index contributed by atoms with van der Waals surface area (Å²) in [5.74, 6) is 0.250. The zero-order valence-electron chi connectivity index (χ0n) is 47.5. The molecule has 3 aliphatic rings. The van der Waals surface area contributed by atoms with Gasteiger partial charge in [0.05, 0.1) is 52.2 Å². The Bertz CT molecular complexity index is 3290. The molecule has 0 spiro atoms. The number of ether oxygens (including phenoxy) is 11. The SMILES string of the molecule is C=C1O[C@@H](Sc2ccccc2)[C@H](OCc2ccccc2)[C@@H](OCc2ccccc2)[C@@H]1[C@H]1OC(=C)[C@@H](O[C@H]2OC(=C)[C@@H](OCc3ccccc3)[C@H](OCc3ccccc3)[C@H]2OCc2ccccc2)[C@H](OCc2ccccc2)[C@H]1OCc1ccccc1. The van der Waals surface area contributed by atoms with Gasteiger partial charge in [-0.3, -0.25) is 0 Å². The smallest absolute Gasteiger partial charge is 0.229 e. The van der Waals surface area contributed by atoms with Gasteiger partial charge in [0.2, 0.25) is 6.29 Å². The summed E-state index contributed by atoms with van der Waals surface area (Å²) < 4.78 is 78.3. The molecule has 85 heavy (non-hydrogen) atoms. The molecule has 436 valence electrons. The lowest BCUT2D eigenvalue weighted by molar-refractivity contribution is -0.312. The highest BCUT2D eigenvalue weighted by Gasteiger charge is 2.58. The van der Waals surface area contributed by atoms with Crippen molar-refractivity contribution in [2.75, 3.05) is 0 Å². The van der Waals surface area contributed by atoms with Gasteiger partial charge in [-0.05, 0) is 51.1 Å². The lowest BCUT2D eigenvalue weighted by atomic mass is 9.81. The van der Waals surface area contributed by atoms with Gasteiger partial charge in [-0.25, -0.2) is 0 Å². The van der Waals surface area contributed by atoms with Crippen molar-refractivity contribution in [1.82, 2.24) is 0 Å². The molecule has 0 aromatic heterocycles. The van der Waals surface area contributed by atoms with E-state index in [4.69, 9.17) is 58.7 Å². The van der Waals surface area contributed by atoms with Crippen molar-refractivity contribution < 1.29 is 52.1 Å². The van der Waals surface area contributed by atoms with Gasteiger partial charge in [-0.15, -0.1) is 0 Å². The van der Waals surface area contributed by atoms with Crippen LogP contribution < -0.4 is 0 Å². The summed E-state index contributed by atoms with van der Waals surface area (Å²) in [6.07, 6.45) is -8.86. The zero-order valence-corrected chi connectivity index (χ0v) is 48.3. The van der Waals surface area contributed by atoms with Crippen molar-refractivity contribution in [2.45, 2.75) is 118 Å². The van der Waals surface area contributed by atoms with Crippen LogP contribution in [0.5, 0.6) is 0 Å². The predicted octanol–water partition coefficient (Wildman–Crippen LogP) is 14.5. The fourth-order valence-electron chi connectivity index (χ4n) is 10.9. The summed E-state index contributed by atoms with van der Waals surface area (Å²) in [6.45, 7) is 15.5. The third-order valence-corrected chi connectivity index (χ3v) is 16.4. The fraction of sp³-hybridized carbons (Fsp3) is 0.260. The maximum absolute atomic E-state index is 7.39. The molecule has 0 saturated carbocycles. The van der Waals surface area contributed by atoms with E-state index in [0.717, 1.165) is 43.8 Å². The van der Waals surface area contributed by atoms with Crippen molar-refractivity contribution in [3.63, 3.8) is 0 Å². The van der Waals surface area contributed by atoms with E-state index >= 15 is 0 Å². The van der Waals surface area contributed by atoms with Gasteiger partial charge in [0.25, 0.3) is 0 Å². The Morgan fingerprint density at radius 1 is 0.294 bits per heavy atom. The molecule has 0 bridgehead atoms. The molecule has 3 aliphatic heterocycles. The molecular formula is C73H72O11S. The Balaban J connectivity index is 0.987. The molecule has 0 aliphatic carbocycles. The minimum atomic E-state index is -1.17. The fourth-order valence-corrected chi connectivity index (χ4v) is 12.0. The lowest BCUT2D eigenvalue weighted by Crippen LogP contribution is -2.64. The monoisotopic (exact) mass is 1160 g/mol. The van der Waals surface area contributed by atoms with E-state index in [1.54, 1.807) is 11.8 Å². The number of benzene rings is 8. The lowest BCUT2D eigenvalue weighted by Gasteiger charge is -2.51. The highest BCUT2D eigenvalue weighted by atomic mass is 32.2. The third-order valence-electron chi connectivity index (χ3n) is 15.2. The van der Waals surface area contributed by atoms with E-state index < -0.39 is 72.6 Å². The molecule has 3 heterocycles. The third kappa shape index (κ3) is 15.8. The van der Waals surface area contributed by atoms with Crippen LogP contribution in [-0.4, -0.2) is 66.7 Å². The van der Waals surface area contributed by atoms with Crippen LogP contribution >= 0.6 is 11.8 Å². The normalized spacial score (nSPS) is 24.9. The van der Waals surface area contributed by atoms with Crippen LogP contribution in [0.25, 0.3) is 0 Å². The molecule has 0 unspecified atom stereocenters. The average molecular weight is 1160 g/mol. The first-order valence-electron chi connectivity index (χ1n) is 28.9. The Morgan fingerprint density at radius 2 is 0.612 bits per heavy atom. The van der Waals surface area contributed by atoms with Crippen molar-refractivity contribution in [2.24, 2.45) is 5.92 Å². The first-order chi connectivity index (χ1) is 41.9. The van der Waals surface area contributed by atoms with Crippen LogP contribution in [0, 0.1) is 5.92 Å². The summed E-state index contributed by atoms with van der Waals surface area (Å²) in [5, 5.41) is 0. The Morgan fingerprint density at radius 3 is 1.02 bits per heavy atom. The first-order valence-corrected chi connectivity index (χ1v) is 29.8. The number of thioether (sulfide) groups is 1. The molecule has 11 rings (SSSR count). The van der Waals surface area contributed by atoms with Gasteiger partial charge >= 0.3 is 0 Å². The second-order valence-corrected chi connectivity index (χ2v) is 22.4. The summed E-state index contributed by atoms with van der Waals surface area (Å²) in [4.78, 5) is 0.995. The van der Waals surface area contributed by atoms with E-state index in [2.05, 4.69) is 25.3 Å². The molecule has 3 fully saturated rings. The maximum atomic E-state index is 7.39. The molecule has 3 saturated heterocycles. The zero-order chi connectivity index (χ0) is 58.0. The van der Waals surface area contributed by atoms with Crippen molar-refractivity contribution in [3.05, 3.63) is 319 Å². The summed E-state index contributed by atoms with van der Waals surface area (Å²) in [5.41, 5.74) is 6.13. The van der Waals surface area contributed by atoms with E-state index in [1.165, 1.54) is 0 Å². The standard InChI is InChI=1S/C73H72O11S/c1-51-62(65(75-45-55-30-14-5-15-31-55)71(80-50-60-40-24-10-25-41-60)73(83-51)85-61-42-26-11-27-43-61)66-69(78-48-58-36-20-8-21-37-58)68(77-47-57-34-18-7-19-35-57)64(53(3)81-66)84-72-70(79-49-59-38-22-9-23-39-59)67(76-46-56-32-16-6-17-33-56)63(52(2)82-72)74-44-54-28-12-4-13-29-54/h4-43,62-73H,1-3,44-50H2/t62-,63-,64-,65+,66-,67+,68+,69+,70-,71-,72-,73+/m1/s1. The molecule has 0 N–H and O–H groups in total. The minimum Gasteiger partial charge on any atom is -0.489 e. The average Bonchev–Trinajstić information content (AvgIpc) is 3.73. The molecule has 11 nitrogen and oxygen atoms in total. The Hall–Kier alpha value is -7.59. The van der Waals surface area contributed by atoms with Crippen molar-refractivity contribution in [3.8, 4) is 0 Å². The molecule has 8 aromatic rings. The summed E-state index contributed by atoms with van der Waals surface area (Å²) >= 11 is 1.55. The number of rotatable bonds is 26. The van der Waals surface area contributed by atoms with Crippen molar-refractivity contribution in [1.29, 1.82) is 0 Å². The highest BCUT2D eigenvalue weighted by molar-refractivity contribution is 7.99. The maximum Gasteiger partial charge on any atom is 0.229 e. The number of hydrogen-bond acceptors (Lipinski definition) is 12. The quantitative estimate of drug-likeness (QED) is 0.0516. The van der Waals surface area contributed by atoms with Gasteiger partial charge in [0, 0.05) is 4.90 Å². The van der Waals surface area contributed by atoms with Gasteiger partial charge in [-0.2, -0.15) is 0 Å². The number of hydrogen-bond donors (Lipinski definition) is 0. The molecule has 8 aromatic carbocycles. The Labute approximate surface area is 503 Å². The highest BCUT2D eigenvalue weighted by Crippen LogP contribution is 2.47. The summed E-state index contributed by atoms with van der Waals surface area (Å²) in [6, 6.07) is 80.3. The molecule has 0 radical (unpaired) electrons. The van der Waals surface area contributed by atoms with Crippen molar-refractivity contribution >= 4 is 11.8 Å². The summed E-state index contributed by atoms with van der Waals surface area (Å²) in [7, 11) is 0. The largest absolute Gasteiger partial charge is 0.489 e. The Kier molecular flexibility index (Phi) is 20.9. The van der Waals surface area contributed by atoms with Crippen LogP contribution in [0.4, 0.5) is 0 Å². The predicted molar refractivity (Wildman–Crippen MR) is 328 cm³/mol. The van der Waals surface area contributed by atoms with E-state index in [-0.39, 0.29) is 52.0 Å². The molecular weight excluding hydrogens is 1080 g/mol. The van der Waals surface area contributed by atoms with E-state index in [1.807, 2.05) is 231 Å². The van der Waals surface area contributed by atoms with Gasteiger partial charge in [-0.1, -0.05) is 262 Å². The minimum absolute atomic E-state index is 0.176. The van der Waals surface area contributed by atoms with E-state index in [0.29, 0.717) is 11.5 Å². The van der Waals surface area contributed by atoms with Crippen LogP contribution in [0.3, 0.4) is 0 Å². The van der Waals surface area contributed by atoms with Gasteiger partial charge in [0.1, 0.15) is 72.2 Å². The topological polar surface area (TPSA) is 102 Å². The van der Waals surface area contributed by atoms with Crippen LogP contribution in [0.2, 0.25) is 0 Å². The van der Waals surface area contributed by atoms with Crippen LogP contribution in [-0.2, 0) is 98.4 Å². The molecule has 0 amide bonds. The second kappa shape index (κ2) is 30.0. The molecule has 12 heteroatoms. The van der Waals surface area contributed by atoms with Gasteiger partial charge in [0.15, 0.2) is 5.44 Å².